The Kier molecular flexibility index (Phi) is 5.25. The zero-order valence-electron chi connectivity index (χ0n) is 9.82. The molecule has 5 nitrogen and oxygen atoms in total. The van der Waals surface area contributed by atoms with Crippen LogP contribution in [0.15, 0.2) is 0 Å². The number of hydrogen-bond acceptors (Lipinski definition) is 5. The zero-order chi connectivity index (χ0) is 12.0. The van der Waals surface area contributed by atoms with E-state index < -0.39 is 0 Å². The minimum Gasteiger partial charge on any atom is -0.466 e. The third-order valence-corrected chi connectivity index (χ3v) is 2.59. The van der Waals surface area contributed by atoms with Gasteiger partial charge in [-0.1, -0.05) is 0 Å². The lowest BCUT2D eigenvalue weighted by Gasteiger charge is -2.27. The van der Waals surface area contributed by atoms with Gasteiger partial charge in [0.15, 0.2) is 0 Å². The highest BCUT2D eigenvalue weighted by atomic mass is 16.5. The van der Waals surface area contributed by atoms with Crippen molar-refractivity contribution in [3.05, 3.63) is 0 Å². The lowest BCUT2D eigenvalue weighted by Crippen LogP contribution is -2.46. The van der Waals surface area contributed by atoms with Crippen LogP contribution in [0.2, 0.25) is 0 Å². The van der Waals surface area contributed by atoms with Gasteiger partial charge < -0.3 is 14.8 Å². The van der Waals surface area contributed by atoms with E-state index in [4.69, 9.17) is 9.47 Å². The molecule has 0 unspecified atom stereocenters. The van der Waals surface area contributed by atoms with Crippen molar-refractivity contribution in [3.63, 3.8) is 0 Å². The van der Waals surface area contributed by atoms with Crippen molar-refractivity contribution in [3.8, 4) is 0 Å². The summed E-state index contributed by atoms with van der Waals surface area (Å²) in [7, 11) is 0. The molecular weight excluding hydrogens is 210 g/mol. The highest BCUT2D eigenvalue weighted by Crippen LogP contribution is 2.18. The lowest BCUT2D eigenvalue weighted by atomic mass is 9.92. The molecule has 5 heteroatoms. The van der Waals surface area contributed by atoms with Gasteiger partial charge in [0.25, 0.3) is 0 Å². The fourth-order valence-electron chi connectivity index (χ4n) is 1.81. The summed E-state index contributed by atoms with van der Waals surface area (Å²) in [6.45, 7) is 4.94. The van der Waals surface area contributed by atoms with Crippen LogP contribution in [-0.2, 0) is 19.1 Å². The van der Waals surface area contributed by atoms with Gasteiger partial charge >= 0.3 is 11.9 Å². The Morgan fingerprint density at radius 3 is 2.44 bits per heavy atom. The van der Waals surface area contributed by atoms with Gasteiger partial charge in [-0.2, -0.15) is 0 Å². The molecular formula is C11H19NO4. The molecule has 0 radical (unpaired) electrons. The summed E-state index contributed by atoms with van der Waals surface area (Å²) in [5.74, 6) is -0.676. The predicted molar refractivity (Wildman–Crippen MR) is 57.8 cm³/mol. The Balaban J connectivity index is 2.46. The first-order valence-electron chi connectivity index (χ1n) is 5.75. The first-order valence-corrected chi connectivity index (χ1v) is 5.75. The van der Waals surface area contributed by atoms with Gasteiger partial charge in [-0.15, -0.1) is 0 Å². The molecule has 92 valence electrons. The van der Waals surface area contributed by atoms with Crippen molar-refractivity contribution in [2.24, 2.45) is 5.92 Å². The Hall–Kier alpha value is -1.10. The van der Waals surface area contributed by atoms with Crippen LogP contribution in [0.1, 0.15) is 26.7 Å². The highest BCUT2D eigenvalue weighted by molar-refractivity contribution is 5.78. The lowest BCUT2D eigenvalue weighted by molar-refractivity contribution is -0.152. The summed E-state index contributed by atoms with van der Waals surface area (Å²) in [6.07, 6.45) is 1.19. The standard InChI is InChI=1S/C11H19NO4/c1-3-15-10(13)8-5-6-12-9(7-8)11(14)16-4-2/h8-9,12H,3-7H2,1-2H3/t8-,9+/m0/s1. The minimum atomic E-state index is -0.372. The first-order chi connectivity index (χ1) is 7.69. The maximum atomic E-state index is 11.5. The molecule has 1 fully saturated rings. The predicted octanol–water partition coefficient (Wildman–Crippen LogP) is 0.481. The van der Waals surface area contributed by atoms with Crippen LogP contribution in [0.3, 0.4) is 0 Å². The summed E-state index contributed by atoms with van der Waals surface area (Å²) in [5, 5.41) is 3.05. The molecule has 1 heterocycles. The van der Waals surface area contributed by atoms with Gasteiger partial charge in [0.05, 0.1) is 19.1 Å². The smallest absolute Gasteiger partial charge is 0.323 e. The molecule has 1 aliphatic rings. The SMILES string of the molecule is CCOC(=O)[C@H]1CCN[C@@H](C(=O)OCC)C1. The molecule has 0 amide bonds. The largest absolute Gasteiger partial charge is 0.466 e. The average Bonchev–Trinajstić information content (AvgIpc) is 2.30. The molecule has 0 spiro atoms. The molecule has 2 atom stereocenters. The molecule has 1 rings (SSSR count). The Morgan fingerprint density at radius 2 is 1.81 bits per heavy atom. The number of carbonyl (C=O) groups is 2. The summed E-state index contributed by atoms with van der Waals surface area (Å²) in [6, 6.07) is -0.372. The minimum absolute atomic E-state index is 0.185. The number of rotatable bonds is 4. The highest BCUT2D eigenvalue weighted by Gasteiger charge is 2.32. The zero-order valence-corrected chi connectivity index (χ0v) is 9.82. The molecule has 0 aromatic rings. The van der Waals surface area contributed by atoms with Crippen molar-refractivity contribution < 1.29 is 19.1 Å². The van der Waals surface area contributed by atoms with Gasteiger partial charge in [0, 0.05) is 0 Å². The van der Waals surface area contributed by atoms with E-state index in [9.17, 15) is 9.59 Å². The fraction of sp³-hybridized carbons (Fsp3) is 0.818. The van der Waals surface area contributed by atoms with Crippen LogP contribution >= 0.6 is 0 Å². The molecule has 1 aliphatic heterocycles. The number of nitrogens with one attached hydrogen (secondary N) is 1. The maximum absolute atomic E-state index is 11.5. The van der Waals surface area contributed by atoms with E-state index in [0.29, 0.717) is 26.2 Å². The van der Waals surface area contributed by atoms with Crippen molar-refractivity contribution in [1.82, 2.24) is 5.32 Å². The van der Waals surface area contributed by atoms with Crippen molar-refractivity contribution in [2.75, 3.05) is 19.8 Å². The van der Waals surface area contributed by atoms with Crippen LogP contribution in [0.25, 0.3) is 0 Å². The molecule has 0 bridgehead atoms. The summed E-state index contributed by atoms with van der Waals surface area (Å²) in [5.41, 5.74) is 0. The van der Waals surface area contributed by atoms with Gasteiger partial charge in [-0.25, -0.2) is 0 Å². The fourth-order valence-corrected chi connectivity index (χ4v) is 1.81. The van der Waals surface area contributed by atoms with Crippen molar-refractivity contribution in [2.45, 2.75) is 32.7 Å². The maximum Gasteiger partial charge on any atom is 0.323 e. The summed E-state index contributed by atoms with van der Waals surface area (Å²) in [4.78, 5) is 23.0. The third kappa shape index (κ3) is 3.48. The van der Waals surface area contributed by atoms with E-state index in [1.54, 1.807) is 13.8 Å². The van der Waals surface area contributed by atoms with Crippen LogP contribution in [-0.4, -0.2) is 37.7 Å². The van der Waals surface area contributed by atoms with Crippen LogP contribution in [0.4, 0.5) is 0 Å². The van der Waals surface area contributed by atoms with E-state index in [-0.39, 0.29) is 23.9 Å². The normalized spacial score (nSPS) is 24.9. The van der Waals surface area contributed by atoms with Crippen molar-refractivity contribution in [1.29, 1.82) is 0 Å². The second kappa shape index (κ2) is 6.48. The number of piperidine rings is 1. The first kappa shape index (κ1) is 13.0. The number of ether oxygens (including phenoxy) is 2. The molecule has 0 saturated carbocycles. The van der Waals surface area contributed by atoms with Gasteiger partial charge in [-0.3, -0.25) is 9.59 Å². The second-order valence-electron chi connectivity index (χ2n) is 3.73. The molecule has 1 N–H and O–H groups in total. The molecule has 0 aromatic heterocycles. The third-order valence-electron chi connectivity index (χ3n) is 2.59. The van der Waals surface area contributed by atoms with E-state index in [1.807, 2.05) is 0 Å². The molecule has 0 aliphatic carbocycles. The second-order valence-corrected chi connectivity index (χ2v) is 3.73. The molecule has 0 aromatic carbocycles. The Labute approximate surface area is 95.5 Å². The average molecular weight is 229 g/mol. The van der Waals surface area contributed by atoms with Crippen LogP contribution < -0.4 is 5.32 Å². The van der Waals surface area contributed by atoms with Crippen molar-refractivity contribution >= 4 is 11.9 Å². The van der Waals surface area contributed by atoms with E-state index in [2.05, 4.69) is 5.32 Å². The van der Waals surface area contributed by atoms with E-state index in [0.717, 1.165) is 6.42 Å². The Morgan fingerprint density at radius 1 is 1.19 bits per heavy atom. The Bertz CT molecular complexity index is 230. The van der Waals surface area contributed by atoms with Gasteiger partial charge in [0.1, 0.15) is 6.04 Å². The van der Waals surface area contributed by atoms with Crippen LogP contribution in [0, 0.1) is 5.92 Å². The summed E-state index contributed by atoms with van der Waals surface area (Å²) < 4.78 is 9.87. The number of hydrogen-bond donors (Lipinski definition) is 1. The molecule has 16 heavy (non-hydrogen) atoms. The quantitative estimate of drug-likeness (QED) is 0.710. The van der Waals surface area contributed by atoms with E-state index in [1.165, 1.54) is 0 Å². The topological polar surface area (TPSA) is 64.6 Å². The van der Waals surface area contributed by atoms with E-state index >= 15 is 0 Å². The summed E-state index contributed by atoms with van der Waals surface area (Å²) >= 11 is 0. The van der Waals surface area contributed by atoms with Gasteiger partial charge in [0.2, 0.25) is 0 Å². The number of carbonyl (C=O) groups excluding carboxylic acids is 2. The van der Waals surface area contributed by atoms with Gasteiger partial charge in [-0.05, 0) is 33.2 Å². The van der Waals surface area contributed by atoms with Crippen LogP contribution in [0.5, 0.6) is 0 Å². The molecule has 1 saturated heterocycles. The number of esters is 2. The monoisotopic (exact) mass is 229 g/mol.